The third-order valence-electron chi connectivity index (χ3n) is 9.92. The van der Waals surface area contributed by atoms with Crippen molar-refractivity contribution in [2.75, 3.05) is 0 Å². The SMILES string of the molecule is c1ccc(-c2cccc(-c3cccc4c3oc3cccc(-c5nc(-c6ccccc6)nc(-c6ccc7cc(-c8ccccc8)ccc7c6)n5)c34)c2)cc1. The van der Waals surface area contributed by atoms with Gasteiger partial charge in [-0.3, -0.25) is 0 Å². The Bertz CT molecular complexity index is 2940. The molecule has 0 radical (unpaired) electrons. The highest BCUT2D eigenvalue weighted by atomic mass is 16.3. The van der Waals surface area contributed by atoms with E-state index in [1.807, 2.05) is 54.6 Å². The molecule has 53 heavy (non-hydrogen) atoms. The van der Waals surface area contributed by atoms with Crippen LogP contribution in [0.4, 0.5) is 0 Å². The first-order valence-electron chi connectivity index (χ1n) is 17.8. The average Bonchev–Trinajstić information content (AvgIpc) is 3.63. The van der Waals surface area contributed by atoms with Crippen molar-refractivity contribution >= 4 is 32.7 Å². The van der Waals surface area contributed by atoms with E-state index in [0.29, 0.717) is 17.5 Å². The van der Waals surface area contributed by atoms with E-state index in [1.165, 1.54) is 16.7 Å². The largest absolute Gasteiger partial charge is 0.455 e. The first-order chi connectivity index (χ1) is 26.2. The Kier molecular flexibility index (Phi) is 7.43. The lowest BCUT2D eigenvalue weighted by Gasteiger charge is -2.10. The zero-order valence-corrected chi connectivity index (χ0v) is 28.6. The Morgan fingerprint density at radius 1 is 0.321 bits per heavy atom. The average molecular weight is 678 g/mol. The zero-order chi connectivity index (χ0) is 35.1. The van der Waals surface area contributed by atoms with E-state index < -0.39 is 0 Å². The first-order valence-corrected chi connectivity index (χ1v) is 17.8. The molecule has 10 rings (SSSR count). The van der Waals surface area contributed by atoms with Gasteiger partial charge < -0.3 is 4.42 Å². The fourth-order valence-electron chi connectivity index (χ4n) is 7.30. The van der Waals surface area contributed by atoms with Gasteiger partial charge >= 0.3 is 0 Å². The summed E-state index contributed by atoms with van der Waals surface area (Å²) in [6.07, 6.45) is 0. The number of benzene rings is 8. The molecular weight excluding hydrogens is 647 g/mol. The van der Waals surface area contributed by atoms with E-state index in [1.54, 1.807) is 0 Å². The van der Waals surface area contributed by atoms with Crippen LogP contribution in [0, 0.1) is 0 Å². The highest BCUT2D eigenvalue weighted by Gasteiger charge is 2.20. The predicted octanol–water partition coefficient (Wildman–Crippen LogP) is 12.9. The van der Waals surface area contributed by atoms with Crippen LogP contribution in [0.3, 0.4) is 0 Å². The minimum Gasteiger partial charge on any atom is -0.455 e. The number of hydrogen-bond donors (Lipinski definition) is 0. The minimum absolute atomic E-state index is 0.596. The lowest BCUT2D eigenvalue weighted by atomic mass is 9.97. The predicted molar refractivity (Wildman–Crippen MR) is 217 cm³/mol. The Labute approximate surface area is 306 Å². The minimum atomic E-state index is 0.596. The molecule has 0 aliphatic carbocycles. The van der Waals surface area contributed by atoms with Crippen molar-refractivity contribution in [3.63, 3.8) is 0 Å². The van der Waals surface area contributed by atoms with Gasteiger partial charge in [-0.2, -0.15) is 0 Å². The quantitative estimate of drug-likeness (QED) is 0.176. The van der Waals surface area contributed by atoms with Crippen LogP contribution in [-0.2, 0) is 0 Å². The summed E-state index contributed by atoms with van der Waals surface area (Å²) in [5, 5.41) is 4.28. The lowest BCUT2D eigenvalue weighted by Crippen LogP contribution is -2.00. The summed E-state index contributed by atoms with van der Waals surface area (Å²) in [4.78, 5) is 15.3. The summed E-state index contributed by atoms with van der Waals surface area (Å²) in [5.74, 6) is 1.83. The number of aromatic nitrogens is 3. The van der Waals surface area contributed by atoms with Crippen LogP contribution >= 0.6 is 0 Å². The number of furan rings is 1. The summed E-state index contributed by atoms with van der Waals surface area (Å²) in [7, 11) is 0. The fourth-order valence-corrected chi connectivity index (χ4v) is 7.30. The van der Waals surface area contributed by atoms with Crippen molar-refractivity contribution in [3.05, 3.63) is 188 Å². The molecule has 2 aromatic heterocycles. The van der Waals surface area contributed by atoms with Crippen molar-refractivity contribution in [1.82, 2.24) is 15.0 Å². The monoisotopic (exact) mass is 677 g/mol. The number of fused-ring (bicyclic) bond motifs is 4. The van der Waals surface area contributed by atoms with Crippen molar-refractivity contribution < 1.29 is 4.42 Å². The molecule has 4 nitrogen and oxygen atoms in total. The number of hydrogen-bond acceptors (Lipinski definition) is 4. The first kappa shape index (κ1) is 30.6. The standard InChI is InChI=1S/C49H31N3O/c1-4-13-32(14-5-1)35-19-10-20-39(30-35)41-21-11-22-42-45-43(23-12-24-44(45)53-46(41)42)49-51-47(34-17-8-3-9-18-34)50-48(52-49)40-28-27-37-29-36(25-26-38(37)31-40)33-15-6-2-7-16-33/h1-31H. The second-order valence-electron chi connectivity index (χ2n) is 13.2. The van der Waals surface area contributed by atoms with Gasteiger partial charge in [0.15, 0.2) is 17.5 Å². The Balaban J connectivity index is 1.12. The van der Waals surface area contributed by atoms with Gasteiger partial charge in [0.2, 0.25) is 0 Å². The maximum absolute atomic E-state index is 6.69. The molecule has 0 N–H and O–H groups in total. The van der Waals surface area contributed by atoms with Gasteiger partial charge in [-0.15, -0.1) is 0 Å². The van der Waals surface area contributed by atoms with Crippen LogP contribution in [0.15, 0.2) is 192 Å². The van der Waals surface area contributed by atoms with Crippen LogP contribution in [0.1, 0.15) is 0 Å². The molecule has 248 valence electrons. The van der Waals surface area contributed by atoms with E-state index in [2.05, 4.69) is 133 Å². The summed E-state index contributed by atoms with van der Waals surface area (Å²) < 4.78 is 6.69. The molecule has 0 bridgehead atoms. The maximum atomic E-state index is 6.69. The summed E-state index contributed by atoms with van der Waals surface area (Å²) >= 11 is 0. The van der Waals surface area contributed by atoms with E-state index in [9.17, 15) is 0 Å². The van der Waals surface area contributed by atoms with Crippen LogP contribution in [0.5, 0.6) is 0 Å². The molecule has 0 amide bonds. The highest BCUT2D eigenvalue weighted by Crippen LogP contribution is 2.41. The van der Waals surface area contributed by atoms with Crippen molar-refractivity contribution in [2.45, 2.75) is 0 Å². The number of para-hydroxylation sites is 1. The van der Waals surface area contributed by atoms with Gasteiger partial charge in [-0.25, -0.2) is 15.0 Å². The van der Waals surface area contributed by atoms with Crippen molar-refractivity contribution in [3.8, 4) is 67.5 Å². The van der Waals surface area contributed by atoms with E-state index in [0.717, 1.165) is 66.1 Å². The molecule has 0 fully saturated rings. The van der Waals surface area contributed by atoms with E-state index in [4.69, 9.17) is 19.4 Å². The van der Waals surface area contributed by atoms with Crippen LogP contribution < -0.4 is 0 Å². The number of rotatable bonds is 6. The van der Waals surface area contributed by atoms with E-state index in [-0.39, 0.29) is 0 Å². The summed E-state index contributed by atoms with van der Waals surface area (Å²) in [5.41, 5.74) is 11.2. The molecule has 10 aromatic rings. The molecular formula is C49H31N3O. The third-order valence-corrected chi connectivity index (χ3v) is 9.92. The smallest absolute Gasteiger partial charge is 0.164 e. The lowest BCUT2D eigenvalue weighted by molar-refractivity contribution is 0.670. The second kappa shape index (κ2) is 12.9. The Hall–Kier alpha value is -7.17. The van der Waals surface area contributed by atoms with Crippen molar-refractivity contribution in [2.24, 2.45) is 0 Å². The molecule has 2 heterocycles. The molecule has 0 aliphatic heterocycles. The molecule has 0 unspecified atom stereocenters. The highest BCUT2D eigenvalue weighted by molar-refractivity contribution is 6.15. The molecule has 0 aliphatic rings. The van der Waals surface area contributed by atoms with Gasteiger partial charge in [0.05, 0.1) is 0 Å². The van der Waals surface area contributed by atoms with Crippen LogP contribution in [0.2, 0.25) is 0 Å². The van der Waals surface area contributed by atoms with Crippen molar-refractivity contribution in [1.29, 1.82) is 0 Å². The fraction of sp³-hybridized carbons (Fsp3) is 0. The molecule has 0 saturated heterocycles. The topological polar surface area (TPSA) is 51.8 Å². The summed E-state index contributed by atoms with van der Waals surface area (Å²) in [6.45, 7) is 0. The molecule has 4 heteroatoms. The molecule has 0 atom stereocenters. The maximum Gasteiger partial charge on any atom is 0.164 e. The van der Waals surface area contributed by atoms with Gasteiger partial charge in [-0.1, -0.05) is 164 Å². The molecule has 0 saturated carbocycles. The molecule has 0 spiro atoms. The molecule has 8 aromatic carbocycles. The van der Waals surface area contributed by atoms with Crippen LogP contribution in [-0.4, -0.2) is 15.0 Å². The third kappa shape index (κ3) is 5.63. The second-order valence-corrected chi connectivity index (χ2v) is 13.2. The van der Waals surface area contributed by atoms with Gasteiger partial charge in [-0.05, 0) is 62.9 Å². The Morgan fingerprint density at radius 2 is 0.830 bits per heavy atom. The van der Waals surface area contributed by atoms with E-state index >= 15 is 0 Å². The summed E-state index contributed by atoms with van der Waals surface area (Å²) in [6, 6.07) is 65.2. The van der Waals surface area contributed by atoms with Gasteiger partial charge in [0, 0.05) is 33.0 Å². The normalized spacial score (nSPS) is 11.4. The van der Waals surface area contributed by atoms with Gasteiger partial charge in [0.1, 0.15) is 11.2 Å². The Morgan fingerprint density at radius 3 is 1.55 bits per heavy atom. The number of nitrogens with zero attached hydrogens (tertiary/aromatic N) is 3. The van der Waals surface area contributed by atoms with Crippen LogP contribution in [0.25, 0.3) is 100 Å². The van der Waals surface area contributed by atoms with Gasteiger partial charge in [0.25, 0.3) is 0 Å². The zero-order valence-electron chi connectivity index (χ0n) is 28.6.